The van der Waals surface area contributed by atoms with Gasteiger partial charge in [-0.25, -0.2) is 0 Å². The first-order chi connectivity index (χ1) is 24.5. The van der Waals surface area contributed by atoms with E-state index in [1.165, 1.54) is 27.8 Å². The van der Waals surface area contributed by atoms with Gasteiger partial charge in [-0.2, -0.15) is 0 Å². The molecule has 0 saturated carbocycles. The predicted molar refractivity (Wildman–Crippen MR) is 212 cm³/mol. The third-order valence-electron chi connectivity index (χ3n) is 9.88. The summed E-state index contributed by atoms with van der Waals surface area (Å²) in [5.41, 5.74) is 22.1. The number of nitrogens with zero attached hydrogens (tertiary/aromatic N) is 1. The monoisotopic (exact) mass is 649 g/mol. The second kappa shape index (κ2) is 14.7. The number of allylic oxidation sites excluding steroid dienone is 9. The molecule has 7 rings (SSSR count). The molecule has 3 heterocycles. The van der Waals surface area contributed by atoms with Crippen molar-refractivity contribution < 1.29 is 0 Å². The first-order valence-corrected chi connectivity index (χ1v) is 17.5. The van der Waals surface area contributed by atoms with E-state index in [1.54, 1.807) is 0 Å². The molecule has 0 saturated heterocycles. The molecule has 0 amide bonds. The number of aromatic amines is 1. The molecule has 2 aliphatic rings. The normalized spacial score (nSPS) is 25.2. The number of hydrogen-bond donors (Lipinski definition) is 2. The maximum absolute atomic E-state index is 6.98. The molecule has 3 nitrogen and oxygen atoms in total. The number of hydrogen-bond acceptors (Lipinski definition) is 2. The van der Waals surface area contributed by atoms with Crippen molar-refractivity contribution in [3.05, 3.63) is 214 Å². The average molecular weight is 650 g/mol. The van der Waals surface area contributed by atoms with Crippen LogP contribution >= 0.6 is 0 Å². The Balaban J connectivity index is 1.51. The summed E-state index contributed by atoms with van der Waals surface area (Å²) < 4.78 is 0. The first kappa shape index (κ1) is 32.6. The van der Waals surface area contributed by atoms with Crippen molar-refractivity contribution in [2.45, 2.75) is 27.2 Å². The van der Waals surface area contributed by atoms with Crippen LogP contribution in [0.25, 0.3) is 22.3 Å². The van der Waals surface area contributed by atoms with Crippen molar-refractivity contribution in [1.82, 2.24) is 4.98 Å². The molecule has 4 bridgehead atoms. The fraction of sp³-hybridized carbons (Fsp3) is 0.128. The Kier molecular flexibility index (Phi) is 9.57. The zero-order valence-corrected chi connectivity index (χ0v) is 29.0. The van der Waals surface area contributed by atoms with E-state index in [0.29, 0.717) is 5.70 Å². The van der Waals surface area contributed by atoms with Crippen molar-refractivity contribution in [2.24, 2.45) is 22.6 Å². The molecule has 5 aromatic rings. The van der Waals surface area contributed by atoms with Gasteiger partial charge in [0.2, 0.25) is 0 Å². The quantitative estimate of drug-likeness (QED) is 0.200. The standard InChI is InChI=1S/C47H43N3/c1-32-18-16-27-36(35-19-8-4-9-20-35)28-17-29-40(48)44(38-23-12-6-13-24-38)41-30-31-42(49-41)45(39-25-14-7-15-26-39)47-34(3)33(2)46(50-47)43(32)37-21-10-5-11-22-37/h4-27,29-31,33-34,49H,28,48H2,1-3H3/b18-16-,29-17-,36-27-,43-32+,44-40-,47-45-/t33?,34-/m0/s1. The Morgan fingerprint density at radius 2 is 1.08 bits per heavy atom. The molecule has 2 atom stereocenters. The van der Waals surface area contributed by atoms with Gasteiger partial charge in [-0.15, -0.1) is 0 Å². The molecule has 1 unspecified atom stereocenters. The largest absolute Gasteiger partial charge is 0.398 e. The van der Waals surface area contributed by atoms with Crippen molar-refractivity contribution in [1.29, 1.82) is 0 Å². The lowest BCUT2D eigenvalue weighted by Crippen LogP contribution is -2.15. The zero-order chi connectivity index (χ0) is 34.5. The van der Waals surface area contributed by atoms with E-state index < -0.39 is 0 Å². The number of nitrogens with two attached hydrogens (primary N) is 1. The Morgan fingerprint density at radius 3 is 1.66 bits per heavy atom. The average Bonchev–Trinajstić information content (AvgIpc) is 3.73. The van der Waals surface area contributed by atoms with Crippen LogP contribution < -0.4 is 5.73 Å². The Labute approximate surface area is 296 Å². The van der Waals surface area contributed by atoms with Crippen molar-refractivity contribution >= 4 is 28.0 Å². The highest BCUT2D eigenvalue weighted by molar-refractivity contribution is 6.27. The van der Waals surface area contributed by atoms with Gasteiger partial charge in [0.05, 0.1) is 11.4 Å². The lowest BCUT2D eigenvalue weighted by molar-refractivity contribution is 0.589. The lowest BCUT2D eigenvalue weighted by atomic mass is 9.83. The third kappa shape index (κ3) is 6.68. The van der Waals surface area contributed by atoms with Crippen molar-refractivity contribution in [3.63, 3.8) is 0 Å². The maximum Gasteiger partial charge on any atom is 0.0541 e. The molecule has 0 aliphatic carbocycles. The summed E-state index contributed by atoms with van der Waals surface area (Å²) in [5.74, 6) is 0.389. The van der Waals surface area contributed by atoms with E-state index in [1.807, 2.05) is 6.07 Å². The minimum Gasteiger partial charge on any atom is -0.398 e. The molecular formula is C47H43N3. The minimum absolute atomic E-state index is 0.186. The van der Waals surface area contributed by atoms with E-state index in [2.05, 4.69) is 184 Å². The highest BCUT2D eigenvalue weighted by atomic mass is 14.9. The fourth-order valence-corrected chi connectivity index (χ4v) is 7.09. The summed E-state index contributed by atoms with van der Waals surface area (Å²) >= 11 is 0. The highest BCUT2D eigenvalue weighted by Gasteiger charge is 2.34. The molecule has 0 radical (unpaired) electrons. The number of aliphatic imine (C=N–C) groups is 1. The van der Waals surface area contributed by atoms with Gasteiger partial charge in [-0.3, -0.25) is 4.99 Å². The fourth-order valence-electron chi connectivity index (χ4n) is 7.09. The second-order valence-electron chi connectivity index (χ2n) is 13.1. The zero-order valence-electron chi connectivity index (χ0n) is 29.0. The molecule has 50 heavy (non-hydrogen) atoms. The van der Waals surface area contributed by atoms with Crippen LogP contribution in [-0.2, 0) is 0 Å². The highest BCUT2D eigenvalue weighted by Crippen LogP contribution is 2.43. The summed E-state index contributed by atoms with van der Waals surface area (Å²) in [4.78, 5) is 9.40. The van der Waals surface area contributed by atoms with Gasteiger partial charge in [0.25, 0.3) is 0 Å². The van der Waals surface area contributed by atoms with Crippen LogP contribution in [-0.4, -0.2) is 10.7 Å². The predicted octanol–water partition coefficient (Wildman–Crippen LogP) is 11.3. The summed E-state index contributed by atoms with van der Waals surface area (Å²) in [6, 6.07) is 46.7. The molecule has 4 aromatic carbocycles. The van der Waals surface area contributed by atoms with Crippen molar-refractivity contribution in [2.75, 3.05) is 0 Å². The molecule has 0 spiro atoms. The van der Waals surface area contributed by atoms with E-state index in [0.717, 1.165) is 51.5 Å². The summed E-state index contributed by atoms with van der Waals surface area (Å²) in [5, 5.41) is 0. The Bertz CT molecular complexity index is 2190. The van der Waals surface area contributed by atoms with Crippen molar-refractivity contribution in [3.8, 4) is 0 Å². The van der Waals surface area contributed by atoms with Crippen LogP contribution in [0.2, 0.25) is 0 Å². The molecule has 1 aromatic heterocycles. The number of H-pyrrole nitrogens is 1. The molecule has 0 fully saturated rings. The van der Waals surface area contributed by atoms with Gasteiger partial charge in [-0.05, 0) is 65.0 Å². The van der Waals surface area contributed by atoms with E-state index in [-0.39, 0.29) is 11.8 Å². The van der Waals surface area contributed by atoms with E-state index in [4.69, 9.17) is 10.7 Å². The van der Waals surface area contributed by atoms with Crippen LogP contribution in [0, 0.1) is 11.8 Å². The van der Waals surface area contributed by atoms with Crippen LogP contribution in [0.15, 0.2) is 186 Å². The van der Waals surface area contributed by atoms with Gasteiger partial charge >= 0.3 is 0 Å². The van der Waals surface area contributed by atoms with Gasteiger partial charge in [0, 0.05) is 45.6 Å². The third-order valence-corrected chi connectivity index (χ3v) is 9.88. The number of aromatic nitrogens is 1. The smallest absolute Gasteiger partial charge is 0.0541 e. The van der Waals surface area contributed by atoms with Gasteiger partial charge in [0.1, 0.15) is 0 Å². The number of benzene rings is 4. The number of fused-ring (bicyclic) bond motifs is 3. The minimum atomic E-state index is 0.186. The number of rotatable bonds is 4. The Morgan fingerprint density at radius 1 is 0.580 bits per heavy atom. The summed E-state index contributed by atoms with van der Waals surface area (Å²) in [7, 11) is 0. The first-order valence-electron chi connectivity index (χ1n) is 17.5. The van der Waals surface area contributed by atoms with E-state index in [9.17, 15) is 0 Å². The maximum atomic E-state index is 6.98. The van der Waals surface area contributed by atoms with Gasteiger partial charge in [-0.1, -0.05) is 159 Å². The van der Waals surface area contributed by atoms with E-state index >= 15 is 0 Å². The van der Waals surface area contributed by atoms with Crippen LogP contribution in [0.4, 0.5) is 0 Å². The number of nitrogens with one attached hydrogen (secondary N) is 1. The summed E-state index contributed by atoms with van der Waals surface area (Å²) in [6.07, 6.45) is 11.6. The molecule has 246 valence electrons. The van der Waals surface area contributed by atoms with Crippen LogP contribution in [0.1, 0.15) is 60.8 Å². The lowest BCUT2D eigenvalue weighted by Gasteiger charge is -2.18. The van der Waals surface area contributed by atoms with Gasteiger partial charge < -0.3 is 10.7 Å². The summed E-state index contributed by atoms with van der Waals surface area (Å²) in [6.45, 7) is 6.84. The molecule has 2 aliphatic heterocycles. The second-order valence-corrected chi connectivity index (χ2v) is 13.1. The Hall–Kier alpha value is -5.93. The SMILES string of the molecule is CC1=C(/c2ccccc2)C2=N/C(=C(/c3ccccc3)c3ccc([nH]3)/C(c3ccccc3)=C(N)/C=C\C/C(c3ccccc3)=C/C=C\1)[C@@H](C)C2C. The van der Waals surface area contributed by atoms with Crippen LogP contribution in [0.3, 0.4) is 0 Å². The molecule has 3 heteroatoms. The van der Waals surface area contributed by atoms with Crippen LogP contribution in [0.5, 0.6) is 0 Å². The molecule has 3 N–H and O–H groups in total. The molecular weight excluding hydrogens is 607 g/mol. The topological polar surface area (TPSA) is 54.2 Å². The van der Waals surface area contributed by atoms with Gasteiger partial charge in [0.15, 0.2) is 0 Å².